The number of methoxy groups -OCH3 is 1. The summed E-state index contributed by atoms with van der Waals surface area (Å²) in [7, 11) is 1.33. The van der Waals surface area contributed by atoms with Crippen molar-refractivity contribution in [2.24, 2.45) is 0 Å². The molecule has 0 spiro atoms. The van der Waals surface area contributed by atoms with Gasteiger partial charge in [-0.05, 0) is 40.5 Å². The van der Waals surface area contributed by atoms with Crippen molar-refractivity contribution in [2.45, 2.75) is 26.1 Å². The highest BCUT2D eigenvalue weighted by molar-refractivity contribution is 9.10. The van der Waals surface area contributed by atoms with Crippen LogP contribution in [-0.2, 0) is 11.3 Å². The molecule has 1 aromatic rings. The third kappa shape index (κ3) is 4.61. The fourth-order valence-corrected chi connectivity index (χ4v) is 2.02. The van der Waals surface area contributed by atoms with Crippen molar-refractivity contribution in [1.29, 1.82) is 0 Å². The molecule has 1 aromatic carbocycles. The van der Waals surface area contributed by atoms with E-state index in [0.29, 0.717) is 10.0 Å². The quantitative estimate of drug-likeness (QED) is 0.788. The lowest BCUT2D eigenvalue weighted by Crippen LogP contribution is -2.33. The second-order valence-electron chi connectivity index (χ2n) is 3.93. The monoisotopic (exact) mass is 353 g/mol. The first-order valence-electron chi connectivity index (χ1n) is 5.62. The molecule has 0 heterocycles. The predicted molar refractivity (Wildman–Crippen MR) is 71.3 cm³/mol. The number of halogens is 3. The predicted octanol–water partition coefficient (Wildman–Crippen LogP) is 2.62. The number of hydrogen-bond acceptors (Lipinski definition) is 4. The Hall–Kier alpha value is -1.41. The van der Waals surface area contributed by atoms with Crippen molar-refractivity contribution < 1.29 is 28.2 Å². The molecule has 0 amide bonds. The van der Waals surface area contributed by atoms with Gasteiger partial charge in [0.05, 0.1) is 11.6 Å². The maximum absolute atomic E-state index is 12.3. The molecule has 0 fully saturated rings. The molecule has 0 aliphatic rings. The van der Waals surface area contributed by atoms with Crippen molar-refractivity contribution in [2.75, 3.05) is 7.11 Å². The highest BCUT2D eigenvalue weighted by Gasteiger charge is 2.16. The first-order valence-corrected chi connectivity index (χ1v) is 6.41. The summed E-state index contributed by atoms with van der Waals surface area (Å²) in [6.45, 7) is -1.21. The van der Waals surface area contributed by atoms with Crippen LogP contribution < -0.4 is 14.8 Å². The van der Waals surface area contributed by atoms with Crippen LogP contribution in [0.2, 0.25) is 0 Å². The van der Waals surface area contributed by atoms with E-state index in [1.54, 1.807) is 6.07 Å². The Morgan fingerprint density at radius 1 is 1.50 bits per heavy atom. The van der Waals surface area contributed by atoms with Gasteiger partial charge in [-0.1, -0.05) is 0 Å². The van der Waals surface area contributed by atoms with Crippen LogP contribution in [0.3, 0.4) is 0 Å². The summed E-state index contributed by atoms with van der Waals surface area (Å²) in [5.41, 5.74) is 0.670. The number of nitrogens with one attached hydrogen (secondary N) is 1. The number of benzene rings is 1. The van der Waals surface area contributed by atoms with Crippen molar-refractivity contribution >= 4 is 21.9 Å². The van der Waals surface area contributed by atoms with E-state index in [2.05, 4.69) is 26.0 Å². The fourth-order valence-electron chi connectivity index (χ4n) is 1.44. The molecule has 1 rings (SSSR count). The zero-order chi connectivity index (χ0) is 15.3. The molecule has 0 saturated heterocycles. The van der Waals surface area contributed by atoms with Gasteiger partial charge in [-0.2, -0.15) is 8.78 Å². The van der Waals surface area contributed by atoms with Gasteiger partial charge >= 0.3 is 12.6 Å². The first-order chi connectivity index (χ1) is 9.35. The minimum atomic E-state index is -2.96. The second-order valence-corrected chi connectivity index (χ2v) is 4.78. The molecule has 1 atom stereocenters. The lowest BCUT2D eigenvalue weighted by Gasteiger charge is -2.15. The van der Waals surface area contributed by atoms with Gasteiger partial charge in [-0.15, -0.1) is 0 Å². The number of alkyl halides is 2. The molecule has 112 valence electrons. The Morgan fingerprint density at radius 3 is 2.65 bits per heavy atom. The molecular formula is C12H14BrF2NO4. The summed E-state index contributed by atoms with van der Waals surface area (Å²) < 4.78 is 34.2. The molecule has 2 N–H and O–H groups in total. The molecule has 0 aliphatic heterocycles. The highest BCUT2D eigenvalue weighted by Crippen LogP contribution is 2.37. The van der Waals surface area contributed by atoms with Gasteiger partial charge in [0.1, 0.15) is 6.04 Å². The van der Waals surface area contributed by atoms with Gasteiger partial charge in [0.25, 0.3) is 0 Å². The average Bonchev–Trinajstić information content (AvgIpc) is 2.37. The largest absolute Gasteiger partial charge is 0.493 e. The number of ether oxygens (including phenoxy) is 2. The molecular weight excluding hydrogens is 340 g/mol. The molecule has 0 saturated carbocycles. The minimum Gasteiger partial charge on any atom is -0.493 e. The van der Waals surface area contributed by atoms with E-state index in [-0.39, 0.29) is 18.0 Å². The SMILES string of the molecule is COc1cc(CNC(C)C(=O)O)cc(Br)c1OC(F)F. The van der Waals surface area contributed by atoms with E-state index in [4.69, 9.17) is 9.84 Å². The Kier molecular flexibility index (Phi) is 6.15. The van der Waals surface area contributed by atoms with Crippen molar-refractivity contribution in [3.63, 3.8) is 0 Å². The van der Waals surface area contributed by atoms with E-state index >= 15 is 0 Å². The molecule has 0 radical (unpaired) electrons. The first kappa shape index (κ1) is 16.6. The molecule has 20 heavy (non-hydrogen) atoms. The lowest BCUT2D eigenvalue weighted by molar-refractivity contribution is -0.139. The van der Waals surface area contributed by atoms with Crippen LogP contribution in [0.15, 0.2) is 16.6 Å². The zero-order valence-electron chi connectivity index (χ0n) is 10.8. The number of rotatable bonds is 7. The summed E-state index contributed by atoms with van der Waals surface area (Å²) in [5, 5.41) is 11.5. The molecule has 0 aliphatic carbocycles. The Morgan fingerprint density at radius 2 is 2.15 bits per heavy atom. The van der Waals surface area contributed by atoms with Gasteiger partial charge in [-0.25, -0.2) is 0 Å². The van der Waals surface area contributed by atoms with E-state index in [0.717, 1.165) is 0 Å². The number of carboxylic acid groups (broad SMARTS) is 1. The molecule has 8 heteroatoms. The van der Waals surface area contributed by atoms with E-state index in [1.807, 2.05) is 0 Å². The van der Waals surface area contributed by atoms with E-state index in [9.17, 15) is 13.6 Å². The van der Waals surface area contributed by atoms with Crippen LogP contribution in [0.1, 0.15) is 12.5 Å². The summed E-state index contributed by atoms with van der Waals surface area (Å²) in [6.07, 6.45) is 0. The Bertz CT molecular complexity index is 485. The van der Waals surface area contributed by atoms with Gasteiger partial charge in [-0.3, -0.25) is 4.79 Å². The van der Waals surface area contributed by atoms with Crippen LogP contribution in [-0.4, -0.2) is 30.8 Å². The standard InChI is InChI=1S/C12H14BrF2NO4/c1-6(11(17)18)16-5-7-3-8(13)10(20-12(14)15)9(4-7)19-2/h3-4,6,12,16H,5H2,1-2H3,(H,17,18). The second kappa shape index (κ2) is 7.39. The van der Waals surface area contributed by atoms with Crippen LogP contribution in [0.25, 0.3) is 0 Å². The number of carboxylic acids is 1. The molecule has 5 nitrogen and oxygen atoms in total. The third-order valence-electron chi connectivity index (χ3n) is 2.48. The van der Waals surface area contributed by atoms with Crippen LogP contribution in [0.4, 0.5) is 8.78 Å². The van der Waals surface area contributed by atoms with Crippen LogP contribution in [0, 0.1) is 0 Å². The van der Waals surface area contributed by atoms with Gasteiger partial charge < -0.3 is 19.9 Å². The average molecular weight is 354 g/mol. The number of carbonyl (C=O) groups is 1. The van der Waals surface area contributed by atoms with Gasteiger partial charge in [0, 0.05) is 6.54 Å². The lowest BCUT2D eigenvalue weighted by atomic mass is 10.2. The van der Waals surface area contributed by atoms with E-state index < -0.39 is 18.6 Å². The van der Waals surface area contributed by atoms with Gasteiger partial charge in [0.15, 0.2) is 11.5 Å². The maximum Gasteiger partial charge on any atom is 0.387 e. The Balaban J connectivity index is 2.90. The van der Waals surface area contributed by atoms with Gasteiger partial charge in [0.2, 0.25) is 0 Å². The fraction of sp³-hybridized carbons (Fsp3) is 0.417. The Labute approximate surface area is 123 Å². The number of aliphatic carboxylic acids is 1. The highest BCUT2D eigenvalue weighted by atomic mass is 79.9. The molecule has 1 unspecified atom stereocenters. The van der Waals surface area contributed by atoms with E-state index in [1.165, 1.54) is 20.1 Å². The zero-order valence-corrected chi connectivity index (χ0v) is 12.4. The summed E-state index contributed by atoms with van der Waals surface area (Å²) in [6, 6.07) is 2.34. The molecule has 0 aromatic heterocycles. The van der Waals surface area contributed by atoms with Crippen LogP contribution >= 0.6 is 15.9 Å². The third-order valence-corrected chi connectivity index (χ3v) is 3.07. The summed E-state index contributed by atoms with van der Waals surface area (Å²) >= 11 is 3.12. The van der Waals surface area contributed by atoms with Crippen LogP contribution in [0.5, 0.6) is 11.5 Å². The smallest absolute Gasteiger partial charge is 0.387 e. The maximum atomic E-state index is 12.3. The molecule has 0 bridgehead atoms. The topological polar surface area (TPSA) is 67.8 Å². The summed E-state index contributed by atoms with van der Waals surface area (Å²) in [4.78, 5) is 10.7. The van der Waals surface area contributed by atoms with Crippen molar-refractivity contribution in [3.8, 4) is 11.5 Å². The van der Waals surface area contributed by atoms with Crippen molar-refractivity contribution in [3.05, 3.63) is 22.2 Å². The summed E-state index contributed by atoms with van der Waals surface area (Å²) in [5.74, 6) is -0.939. The normalized spacial score (nSPS) is 12.3. The van der Waals surface area contributed by atoms with Crippen molar-refractivity contribution in [1.82, 2.24) is 5.32 Å². The minimum absolute atomic E-state index is 0.0995. The number of hydrogen-bond donors (Lipinski definition) is 2.